The lowest BCUT2D eigenvalue weighted by atomic mass is 10.1. The van der Waals surface area contributed by atoms with Crippen LogP contribution in [0.15, 0.2) is 48.9 Å². The number of hydrogen-bond acceptors (Lipinski definition) is 4. The first-order valence-corrected chi connectivity index (χ1v) is 9.39. The summed E-state index contributed by atoms with van der Waals surface area (Å²) in [7, 11) is 0. The maximum absolute atomic E-state index is 6.39. The topological polar surface area (TPSA) is 86.8 Å². The van der Waals surface area contributed by atoms with Crippen LogP contribution in [0.1, 0.15) is 35.7 Å². The maximum atomic E-state index is 6.39. The van der Waals surface area contributed by atoms with Crippen molar-refractivity contribution in [2.45, 2.75) is 25.8 Å². The number of hydrogen-bond donors (Lipinski definition) is 3. The number of nitrogens with zero attached hydrogens (tertiary/aromatic N) is 3. The van der Waals surface area contributed by atoms with E-state index in [4.69, 9.17) is 11.5 Å². The normalized spacial score (nSPS) is 16.0. The first-order chi connectivity index (χ1) is 13.1. The smallest absolute Gasteiger partial charge is 0.0838 e. The van der Waals surface area contributed by atoms with Gasteiger partial charge in [0.05, 0.1) is 29.3 Å². The van der Waals surface area contributed by atoms with Crippen molar-refractivity contribution in [3.8, 4) is 5.69 Å². The molecule has 140 valence electrons. The molecule has 0 atom stereocenters. The minimum absolute atomic E-state index is 0.448. The number of nitrogens with one attached hydrogen (secondary N) is 1. The summed E-state index contributed by atoms with van der Waals surface area (Å²) in [6, 6.07) is 10.4. The van der Waals surface area contributed by atoms with Crippen LogP contribution >= 0.6 is 0 Å². The van der Waals surface area contributed by atoms with Crippen LogP contribution in [0, 0.1) is 6.92 Å². The van der Waals surface area contributed by atoms with Crippen LogP contribution in [0.3, 0.4) is 0 Å². The van der Waals surface area contributed by atoms with Crippen molar-refractivity contribution in [2.24, 2.45) is 5.73 Å². The Balaban J connectivity index is 1.67. The Morgan fingerprint density at radius 1 is 1.22 bits per heavy atom. The molecular weight excluding hydrogens is 336 g/mol. The average Bonchev–Trinajstić information content (AvgIpc) is 3.30. The molecule has 1 aliphatic rings. The largest absolute Gasteiger partial charge is 0.398 e. The average molecular weight is 362 g/mol. The Hall–Kier alpha value is -2.99. The highest BCUT2D eigenvalue weighted by atomic mass is 15.3. The number of nitrogens with two attached hydrogens (primary N) is 2. The zero-order valence-corrected chi connectivity index (χ0v) is 15.6. The number of benzene rings is 1. The fourth-order valence-corrected chi connectivity index (χ4v) is 3.68. The third kappa shape index (κ3) is 3.48. The van der Waals surface area contributed by atoms with Crippen molar-refractivity contribution in [1.82, 2.24) is 19.7 Å². The third-order valence-corrected chi connectivity index (χ3v) is 5.26. The zero-order chi connectivity index (χ0) is 18.8. The van der Waals surface area contributed by atoms with E-state index < -0.39 is 0 Å². The van der Waals surface area contributed by atoms with Gasteiger partial charge >= 0.3 is 0 Å². The molecule has 0 bridgehead atoms. The van der Waals surface area contributed by atoms with Gasteiger partial charge < -0.3 is 21.4 Å². The summed E-state index contributed by atoms with van der Waals surface area (Å²) in [5, 5.41) is 7.99. The number of anilines is 1. The lowest BCUT2D eigenvalue weighted by Gasteiger charge is -2.22. The number of piperidine rings is 1. The van der Waals surface area contributed by atoms with Crippen LogP contribution in [0.5, 0.6) is 0 Å². The van der Waals surface area contributed by atoms with E-state index in [0.717, 1.165) is 48.4 Å². The first kappa shape index (κ1) is 17.4. The molecule has 6 nitrogen and oxygen atoms in total. The molecule has 1 aliphatic heterocycles. The molecule has 0 spiro atoms. The van der Waals surface area contributed by atoms with Gasteiger partial charge in [-0.05, 0) is 50.6 Å². The predicted octanol–water partition coefficient (Wildman–Crippen LogP) is 2.95. The summed E-state index contributed by atoms with van der Waals surface area (Å²) in [6.07, 6.45) is 10.1. The van der Waals surface area contributed by atoms with Crippen molar-refractivity contribution < 1.29 is 0 Å². The second kappa shape index (κ2) is 7.32. The molecular formula is C21H26N6. The summed E-state index contributed by atoms with van der Waals surface area (Å²) in [6.45, 7) is 4.13. The van der Waals surface area contributed by atoms with Crippen molar-refractivity contribution in [3.63, 3.8) is 0 Å². The van der Waals surface area contributed by atoms with Crippen LogP contribution in [0.25, 0.3) is 17.5 Å². The van der Waals surface area contributed by atoms with E-state index in [1.54, 1.807) is 0 Å². The Kier molecular flexibility index (Phi) is 4.73. The summed E-state index contributed by atoms with van der Waals surface area (Å²) in [5.74, 6) is 0. The van der Waals surface area contributed by atoms with E-state index in [1.807, 2.05) is 47.3 Å². The van der Waals surface area contributed by atoms with E-state index in [0.29, 0.717) is 17.4 Å². The van der Waals surface area contributed by atoms with Gasteiger partial charge in [0.1, 0.15) is 0 Å². The van der Waals surface area contributed by atoms with Crippen LogP contribution in [0.2, 0.25) is 0 Å². The number of rotatable bonds is 4. The minimum Gasteiger partial charge on any atom is -0.398 e. The first-order valence-electron chi connectivity index (χ1n) is 9.39. The lowest BCUT2D eigenvalue weighted by molar-refractivity contribution is 0.343. The van der Waals surface area contributed by atoms with Gasteiger partial charge in [-0.1, -0.05) is 24.3 Å². The minimum atomic E-state index is 0.448. The molecule has 0 aliphatic carbocycles. The lowest BCUT2D eigenvalue weighted by Crippen LogP contribution is -2.29. The van der Waals surface area contributed by atoms with Gasteiger partial charge in [-0.15, -0.1) is 0 Å². The molecule has 5 N–H and O–H groups in total. The van der Waals surface area contributed by atoms with Gasteiger partial charge in [-0.3, -0.25) is 4.68 Å². The highest BCUT2D eigenvalue weighted by Crippen LogP contribution is 2.26. The summed E-state index contributed by atoms with van der Waals surface area (Å²) in [4.78, 5) is 0. The standard InChI is InChI=1S/C21H26N6/c1-15-4-2-3-5-18(15)20(23)12-21-19(22)8-11-26(21)17-13-25-27(14-17)16-6-9-24-10-7-16/h2-5,8,11-14,16,24H,6-7,9-10,22-23H2,1H3/b20-12-. The molecule has 1 saturated heterocycles. The van der Waals surface area contributed by atoms with Gasteiger partial charge in [0.2, 0.25) is 0 Å². The van der Waals surface area contributed by atoms with E-state index in [9.17, 15) is 0 Å². The molecule has 3 heterocycles. The molecule has 1 fully saturated rings. The molecule has 2 aromatic heterocycles. The van der Waals surface area contributed by atoms with E-state index in [2.05, 4.69) is 34.3 Å². The summed E-state index contributed by atoms with van der Waals surface area (Å²) >= 11 is 0. The van der Waals surface area contributed by atoms with Gasteiger partial charge in [0.25, 0.3) is 0 Å². The Morgan fingerprint density at radius 2 is 2.00 bits per heavy atom. The van der Waals surface area contributed by atoms with E-state index >= 15 is 0 Å². The van der Waals surface area contributed by atoms with Crippen molar-refractivity contribution in [1.29, 1.82) is 0 Å². The summed E-state index contributed by atoms with van der Waals surface area (Å²) in [5.41, 5.74) is 18.1. The number of aryl methyl sites for hydroxylation is 1. The van der Waals surface area contributed by atoms with E-state index in [-0.39, 0.29) is 0 Å². The maximum Gasteiger partial charge on any atom is 0.0838 e. The van der Waals surface area contributed by atoms with Crippen molar-refractivity contribution in [3.05, 3.63) is 65.7 Å². The highest BCUT2D eigenvalue weighted by Gasteiger charge is 2.17. The van der Waals surface area contributed by atoms with Crippen LogP contribution in [-0.4, -0.2) is 27.4 Å². The second-order valence-electron chi connectivity index (χ2n) is 7.10. The van der Waals surface area contributed by atoms with Crippen molar-refractivity contribution in [2.75, 3.05) is 18.8 Å². The second-order valence-corrected chi connectivity index (χ2v) is 7.10. The van der Waals surface area contributed by atoms with Crippen LogP contribution < -0.4 is 16.8 Å². The fraction of sp³-hybridized carbons (Fsp3) is 0.286. The van der Waals surface area contributed by atoms with Gasteiger partial charge in [-0.25, -0.2) is 0 Å². The molecule has 3 aromatic rings. The van der Waals surface area contributed by atoms with Crippen LogP contribution in [-0.2, 0) is 0 Å². The number of nitrogen functional groups attached to an aromatic ring is 1. The quantitative estimate of drug-likeness (QED) is 0.666. The SMILES string of the molecule is Cc1ccccc1/C(N)=C/c1c(N)ccn1-c1cnn(C2CCNCC2)c1. The van der Waals surface area contributed by atoms with Crippen molar-refractivity contribution >= 4 is 17.5 Å². The van der Waals surface area contributed by atoms with Crippen LogP contribution in [0.4, 0.5) is 5.69 Å². The number of aromatic nitrogens is 3. The zero-order valence-electron chi connectivity index (χ0n) is 15.6. The molecule has 4 rings (SSSR count). The van der Waals surface area contributed by atoms with E-state index in [1.165, 1.54) is 0 Å². The fourth-order valence-electron chi connectivity index (χ4n) is 3.68. The van der Waals surface area contributed by atoms with Gasteiger partial charge in [0.15, 0.2) is 0 Å². The molecule has 27 heavy (non-hydrogen) atoms. The Labute approximate surface area is 159 Å². The molecule has 1 aromatic carbocycles. The Morgan fingerprint density at radius 3 is 2.78 bits per heavy atom. The predicted molar refractivity (Wildman–Crippen MR) is 110 cm³/mol. The highest BCUT2D eigenvalue weighted by molar-refractivity contribution is 5.83. The molecule has 0 radical (unpaired) electrons. The molecule has 0 unspecified atom stereocenters. The van der Waals surface area contributed by atoms with Gasteiger partial charge in [0, 0.05) is 23.7 Å². The molecule has 6 heteroatoms. The monoisotopic (exact) mass is 362 g/mol. The summed E-state index contributed by atoms with van der Waals surface area (Å²) < 4.78 is 4.12. The molecule has 0 amide bonds. The molecule has 0 saturated carbocycles. The van der Waals surface area contributed by atoms with Gasteiger partial charge in [-0.2, -0.15) is 5.10 Å². The third-order valence-electron chi connectivity index (χ3n) is 5.26. The Bertz CT molecular complexity index is 959.